The topological polar surface area (TPSA) is 78.8 Å². The van der Waals surface area contributed by atoms with Crippen LogP contribution in [0.5, 0.6) is 5.75 Å². The normalized spacial score (nSPS) is 13.2. The molecule has 6 heteroatoms. The van der Waals surface area contributed by atoms with Crippen molar-refractivity contribution in [3.05, 3.63) is 39.2 Å². The molecule has 0 bridgehead atoms. The van der Waals surface area contributed by atoms with Gasteiger partial charge in [-0.25, -0.2) is 4.98 Å². The highest BCUT2D eigenvalue weighted by Crippen LogP contribution is 2.37. The number of ether oxygens (including phenoxy) is 1. The molecule has 0 spiro atoms. The minimum absolute atomic E-state index is 0.0738. The number of rotatable bonds is 4. The molecule has 0 atom stereocenters. The van der Waals surface area contributed by atoms with Crippen LogP contribution in [-0.4, -0.2) is 22.8 Å². The van der Waals surface area contributed by atoms with Gasteiger partial charge in [-0.2, -0.15) is 5.26 Å². The van der Waals surface area contributed by atoms with Crippen LogP contribution >= 0.6 is 11.8 Å². The Bertz CT molecular complexity index is 868. The molecule has 1 aliphatic rings. The van der Waals surface area contributed by atoms with Gasteiger partial charge in [-0.15, -0.1) is 0 Å². The molecule has 5 nitrogen and oxygen atoms in total. The summed E-state index contributed by atoms with van der Waals surface area (Å²) in [7, 11) is 0. The monoisotopic (exact) mass is 341 g/mol. The van der Waals surface area contributed by atoms with Gasteiger partial charge in [-0.3, -0.25) is 4.79 Å². The number of hydrogen-bond donors (Lipinski definition) is 1. The van der Waals surface area contributed by atoms with Gasteiger partial charge >= 0.3 is 0 Å². The fraction of sp³-hybridized carbons (Fsp3) is 0.389. The highest BCUT2D eigenvalue weighted by atomic mass is 32.2. The smallest absolute Gasteiger partial charge is 0.270 e. The SMILES string of the molecule is CCOc1ccc(-c2nc(SC)[nH]c(=O)c2C#N)c2c1CCCC2. The van der Waals surface area contributed by atoms with Crippen molar-refractivity contribution in [1.82, 2.24) is 9.97 Å². The minimum atomic E-state index is -0.384. The zero-order chi connectivity index (χ0) is 17.1. The van der Waals surface area contributed by atoms with Crippen LogP contribution < -0.4 is 10.3 Å². The number of thioether (sulfide) groups is 1. The summed E-state index contributed by atoms with van der Waals surface area (Å²) < 4.78 is 5.76. The summed E-state index contributed by atoms with van der Waals surface area (Å²) in [5, 5.41) is 9.95. The molecule has 1 N–H and O–H groups in total. The molecule has 0 saturated heterocycles. The summed E-state index contributed by atoms with van der Waals surface area (Å²) in [5.74, 6) is 0.907. The highest BCUT2D eigenvalue weighted by Gasteiger charge is 2.22. The maximum Gasteiger partial charge on any atom is 0.270 e. The van der Waals surface area contributed by atoms with E-state index in [4.69, 9.17) is 4.74 Å². The molecular weight excluding hydrogens is 322 g/mol. The Kier molecular flexibility index (Phi) is 4.91. The lowest BCUT2D eigenvalue weighted by atomic mass is 9.86. The molecule has 1 aliphatic carbocycles. The summed E-state index contributed by atoms with van der Waals surface area (Å²) in [5.41, 5.74) is 3.40. The molecule has 1 heterocycles. The van der Waals surface area contributed by atoms with E-state index in [0.29, 0.717) is 17.5 Å². The number of nitrogens with one attached hydrogen (secondary N) is 1. The van der Waals surface area contributed by atoms with Crippen LogP contribution in [0.2, 0.25) is 0 Å². The third kappa shape index (κ3) is 2.92. The van der Waals surface area contributed by atoms with Gasteiger partial charge in [0.25, 0.3) is 5.56 Å². The zero-order valence-corrected chi connectivity index (χ0v) is 14.6. The molecule has 2 aromatic rings. The molecule has 1 aromatic heterocycles. The Balaban J connectivity index is 2.26. The van der Waals surface area contributed by atoms with Gasteiger partial charge in [-0.1, -0.05) is 11.8 Å². The molecule has 3 rings (SSSR count). The van der Waals surface area contributed by atoms with E-state index in [0.717, 1.165) is 42.6 Å². The van der Waals surface area contributed by atoms with E-state index in [1.165, 1.54) is 17.3 Å². The van der Waals surface area contributed by atoms with Crippen molar-refractivity contribution in [2.75, 3.05) is 12.9 Å². The molecule has 24 heavy (non-hydrogen) atoms. The van der Waals surface area contributed by atoms with E-state index < -0.39 is 0 Å². The standard InChI is InChI=1S/C18H19N3O2S/c1-3-23-15-9-8-13(11-6-4-5-7-12(11)15)16-14(10-19)17(22)21-18(20-16)24-2/h8-9H,3-7H2,1-2H3,(H,20,21,22). The van der Waals surface area contributed by atoms with Crippen LogP contribution in [0.4, 0.5) is 0 Å². The second kappa shape index (κ2) is 7.10. The van der Waals surface area contributed by atoms with Gasteiger partial charge in [0.05, 0.1) is 12.3 Å². The maximum atomic E-state index is 12.2. The average Bonchev–Trinajstić information content (AvgIpc) is 2.61. The Morgan fingerprint density at radius 2 is 2.08 bits per heavy atom. The Hall–Kier alpha value is -2.26. The summed E-state index contributed by atoms with van der Waals surface area (Å²) >= 11 is 1.36. The second-order valence-electron chi connectivity index (χ2n) is 5.62. The Morgan fingerprint density at radius 1 is 1.33 bits per heavy atom. The van der Waals surface area contributed by atoms with Crippen molar-refractivity contribution in [3.8, 4) is 23.1 Å². The van der Waals surface area contributed by atoms with Crippen LogP contribution in [-0.2, 0) is 12.8 Å². The number of H-pyrrole nitrogens is 1. The second-order valence-corrected chi connectivity index (χ2v) is 6.41. The van der Waals surface area contributed by atoms with Crippen molar-refractivity contribution in [2.45, 2.75) is 37.8 Å². The summed E-state index contributed by atoms with van der Waals surface area (Å²) in [6.07, 6.45) is 5.94. The number of hydrogen-bond acceptors (Lipinski definition) is 5. The van der Waals surface area contributed by atoms with E-state index in [9.17, 15) is 10.1 Å². The van der Waals surface area contributed by atoms with Crippen molar-refractivity contribution in [2.24, 2.45) is 0 Å². The molecule has 0 aliphatic heterocycles. The molecule has 0 fully saturated rings. The zero-order valence-electron chi connectivity index (χ0n) is 13.8. The number of aromatic amines is 1. The average molecular weight is 341 g/mol. The van der Waals surface area contributed by atoms with Gasteiger partial charge < -0.3 is 9.72 Å². The predicted molar refractivity (Wildman–Crippen MR) is 94.6 cm³/mol. The number of aromatic nitrogens is 2. The van der Waals surface area contributed by atoms with Crippen LogP contribution in [0.1, 0.15) is 36.5 Å². The number of benzene rings is 1. The van der Waals surface area contributed by atoms with Crippen LogP contribution in [0.3, 0.4) is 0 Å². The first-order valence-corrected chi connectivity index (χ1v) is 9.28. The molecule has 0 radical (unpaired) electrons. The first kappa shape index (κ1) is 16.6. The lowest BCUT2D eigenvalue weighted by Gasteiger charge is -2.22. The molecule has 1 aromatic carbocycles. The minimum Gasteiger partial charge on any atom is -0.494 e. The Labute approximate surface area is 145 Å². The Morgan fingerprint density at radius 3 is 2.75 bits per heavy atom. The van der Waals surface area contributed by atoms with Crippen molar-refractivity contribution < 1.29 is 4.74 Å². The van der Waals surface area contributed by atoms with Crippen molar-refractivity contribution >= 4 is 11.8 Å². The van der Waals surface area contributed by atoms with E-state index in [2.05, 4.69) is 9.97 Å². The highest BCUT2D eigenvalue weighted by molar-refractivity contribution is 7.98. The van der Waals surface area contributed by atoms with Gasteiger partial charge in [-0.05, 0) is 62.1 Å². The van der Waals surface area contributed by atoms with Crippen molar-refractivity contribution in [1.29, 1.82) is 5.26 Å². The number of nitrogens with zero attached hydrogens (tertiary/aromatic N) is 2. The largest absolute Gasteiger partial charge is 0.494 e. The quantitative estimate of drug-likeness (QED) is 0.682. The van der Waals surface area contributed by atoms with Crippen LogP contribution in [0, 0.1) is 11.3 Å². The lowest BCUT2D eigenvalue weighted by molar-refractivity contribution is 0.334. The summed E-state index contributed by atoms with van der Waals surface area (Å²) in [4.78, 5) is 19.4. The predicted octanol–water partition coefficient (Wildman–Crippen LogP) is 3.31. The molecule has 0 amide bonds. The maximum absolute atomic E-state index is 12.2. The third-order valence-corrected chi connectivity index (χ3v) is 4.83. The van der Waals surface area contributed by atoms with E-state index in [1.54, 1.807) is 0 Å². The number of fused-ring (bicyclic) bond motifs is 1. The molecular formula is C18H19N3O2S. The molecule has 124 valence electrons. The van der Waals surface area contributed by atoms with E-state index >= 15 is 0 Å². The fourth-order valence-corrected chi connectivity index (χ4v) is 3.57. The van der Waals surface area contributed by atoms with E-state index in [1.807, 2.05) is 31.4 Å². The van der Waals surface area contributed by atoms with E-state index in [-0.39, 0.29) is 11.1 Å². The first-order valence-electron chi connectivity index (χ1n) is 8.06. The number of nitriles is 1. The third-order valence-electron chi connectivity index (χ3n) is 4.25. The van der Waals surface area contributed by atoms with Gasteiger partial charge in [0.2, 0.25) is 0 Å². The van der Waals surface area contributed by atoms with Crippen LogP contribution in [0.25, 0.3) is 11.3 Å². The van der Waals surface area contributed by atoms with Gasteiger partial charge in [0.1, 0.15) is 17.4 Å². The van der Waals surface area contributed by atoms with Gasteiger partial charge in [0.15, 0.2) is 5.16 Å². The molecule has 0 saturated carbocycles. The summed E-state index contributed by atoms with van der Waals surface area (Å²) in [6.45, 7) is 2.59. The fourth-order valence-electron chi connectivity index (χ4n) is 3.20. The van der Waals surface area contributed by atoms with Crippen molar-refractivity contribution in [3.63, 3.8) is 0 Å². The molecule has 0 unspecified atom stereocenters. The summed E-state index contributed by atoms with van der Waals surface area (Å²) in [6, 6.07) is 5.88. The van der Waals surface area contributed by atoms with Gasteiger partial charge in [0, 0.05) is 5.56 Å². The van der Waals surface area contributed by atoms with Crippen LogP contribution in [0.15, 0.2) is 22.1 Å². The first-order chi connectivity index (χ1) is 11.7. The lowest BCUT2D eigenvalue weighted by Crippen LogP contribution is -2.16.